The molecule has 0 rings (SSSR count). The van der Waals surface area contributed by atoms with E-state index in [9.17, 15) is 0 Å². The Hall–Kier alpha value is 0.660. The van der Waals surface area contributed by atoms with Gasteiger partial charge in [-0.15, -0.1) is 0 Å². The minimum absolute atomic E-state index is 0.400. The average molecular weight is 335 g/mol. The Morgan fingerprint density at radius 2 is 1.00 bits per heavy atom. The van der Waals surface area contributed by atoms with E-state index in [4.69, 9.17) is 4.74 Å². The van der Waals surface area contributed by atoms with Crippen LogP contribution < -0.4 is 0 Å². The molecule has 0 aliphatic carbocycles. The zero-order valence-corrected chi connectivity index (χ0v) is 16.1. The van der Waals surface area contributed by atoms with Crippen molar-refractivity contribution in [2.24, 2.45) is 0 Å². The van der Waals surface area contributed by atoms with E-state index in [1.807, 2.05) is 0 Å². The molecular weight excluding hydrogens is 296 g/mol. The van der Waals surface area contributed by atoms with Crippen molar-refractivity contribution < 1.29 is 4.74 Å². The Labute approximate surface area is 144 Å². The van der Waals surface area contributed by atoms with Crippen LogP contribution in [0.4, 0.5) is 0 Å². The molecule has 0 spiro atoms. The fourth-order valence-electron chi connectivity index (χ4n) is 2.47. The first-order chi connectivity index (χ1) is 10.2. The molecule has 0 bridgehead atoms. The molecule has 0 saturated heterocycles. The summed E-state index contributed by atoms with van der Waals surface area (Å²) >= 11 is 9.23. The highest BCUT2D eigenvalue weighted by Gasteiger charge is 2.07. The molecule has 3 heteroatoms. The van der Waals surface area contributed by atoms with Crippen molar-refractivity contribution in [2.75, 3.05) is 13.2 Å². The van der Waals surface area contributed by atoms with Gasteiger partial charge in [-0.2, -0.15) is 25.3 Å². The van der Waals surface area contributed by atoms with Gasteiger partial charge in [0.05, 0.1) is 13.2 Å². The summed E-state index contributed by atoms with van der Waals surface area (Å²) < 4.78 is 5.76. The monoisotopic (exact) mass is 334 g/mol. The van der Waals surface area contributed by atoms with Gasteiger partial charge in [-0.05, 0) is 12.8 Å². The van der Waals surface area contributed by atoms with Crippen LogP contribution in [0.15, 0.2) is 0 Å². The lowest BCUT2D eigenvalue weighted by molar-refractivity contribution is 0.133. The lowest BCUT2D eigenvalue weighted by Gasteiger charge is -2.14. The molecule has 0 aliphatic heterocycles. The normalized spacial score (nSPS) is 14.3. The van der Waals surface area contributed by atoms with Gasteiger partial charge in [-0.3, -0.25) is 0 Å². The number of hydrogen-bond donors (Lipinski definition) is 2. The summed E-state index contributed by atoms with van der Waals surface area (Å²) in [4.78, 5) is 0. The van der Waals surface area contributed by atoms with Crippen molar-refractivity contribution in [3.05, 3.63) is 0 Å². The van der Waals surface area contributed by atoms with E-state index in [1.54, 1.807) is 0 Å². The predicted octanol–water partition coefficient (Wildman–Crippen LogP) is 6.32. The molecule has 0 aromatic heterocycles. The van der Waals surface area contributed by atoms with Crippen molar-refractivity contribution in [3.63, 3.8) is 0 Å². The van der Waals surface area contributed by atoms with E-state index in [-0.39, 0.29) is 0 Å². The van der Waals surface area contributed by atoms with Crippen molar-refractivity contribution in [1.29, 1.82) is 0 Å². The van der Waals surface area contributed by atoms with Gasteiger partial charge >= 0.3 is 0 Å². The van der Waals surface area contributed by atoms with Gasteiger partial charge in [-0.1, -0.05) is 78.1 Å². The smallest absolute Gasteiger partial charge is 0.0583 e. The van der Waals surface area contributed by atoms with Crippen molar-refractivity contribution >= 4 is 25.3 Å². The Morgan fingerprint density at radius 1 is 0.619 bits per heavy atom. The van der Waals surface area contributed by atoms with Crippen molar-refractivity contribution in [1.82, 2.24) is 0 Å². The number of hydrogen-bond acceptors (Lipinski definition) is 3. The molecule has 2 unspecified atom stereocenters. The van der Waals surface area contributed by atoms with Gasteiger partial charge in [0, 0.05) is 10.5 Å². The Bertz CT molecular complexity index is 180. The van der Waals surface area contributed by atoms with Gasteiger partial charge in [0.1, 0.15) is 0 Å². The Kier molecular flexibility index (Phi) is 17.6. The topological polar surface area (TPSA) is 9.23 Å². The summed E-state index contributed by atoms with van der Waals surface area (Å²) in [6, 6.07) is 0. The van der Waals surface area contributed by atoms with Crippen LogP contribution in [0.5, 0.6) is 0 Å². The van der Waals surface area contributed by atoms with Crippen LogP contribution in [0.2, 0.25) is 0 Å². The number of unbranched alkanes of at least 4 members (excludes halogenated alkanes) is 8. The zero-order valence-electron chi connectivity index (χ0n) is 14.4. The lowest BCUT2D eigenvalue weighted by atomic mass is 10.1. The van der Waals surface area contributed by atoms with Crippen LogP contribution in [0.25, 0.3) is 0 Å². The Balaban J connectivity index is 3.30. The molecule has 0 aromatic carbocycles. The zero-order chi connectivity index (χ0) is 15.8. The fourth-order valence-corrected chi connectivity index (χ4v) is 3.05. The molecule has 0 amide bonds. The first-order valence-corrected chi connectivity index (χ1v) is 10.2. The van der Waals surface area contributed by atoms with Gasteiger partial charge in [0.25, 0.3) is 0 Å². The van der Waals surface area contributed by atoms with Crippen LogP contribution in [-0.4, -0.2) is 23.7 Å². The van der Waals surface area contributed by atoms with Crippen molar-refractivity contribution in [3.8, 4) is 0 Å². The van der Waals surface area contributed by atoms with E-state index in [0.29, 0.717) is 10.5 Å². The third-order valence-electron chi connectivity index (χ3n) is 3.90. The van der Waals surface area contributed by atoms with Crippen LogP contribution in [-0.2, 0) is 4.74 Å². The standard InChI is InChI=1S/C18H38OS2/c1-3-5-7-9-11-13-17(20)15-19-16-18(21)14-12-10-8-6-4-2/h17-18,20-21H,3-16H2,1-2H3. The second kappa shape index (κ2) is 17.0. The third-order valence-corrected chi connectivity index (χ3v) is 4.72. The lowest BCUT2D eigenvalue weighted by Crippen LogP contribution is -2.15. The quantitative estimate of drug-likeness (QED) is 0.248. The molecule has 0 heterocycles. The molecule has 0 aliphatic rings. The fraction of sp³-hybridized carbons (Fsp3) is 1.00. The Morgan fingerprint density at radius 3 is 1.38 bits per heavy atom. The van der Waals surface area contributed by atoms with E-state index >= 15 is 0 Å². The SMILES string of the molecule is CCCCCCCC(S)COCC(S)CCCCCCC. The number of ether oxygens (including phenoxy) is 1. The predicted molar refractivity (Wildman–Crippen MR) is 103 cm³/mol. The molecule has 2 atom stereocenters. The summed E-state index contributed by atoms with van der Waals surface area (Å²) in [5, 5.41) is 0.799. The molecule has 1 nitrogen and oxygen atoms in total. The molecule has 0 saturated carbocycles. The summed E-state index contributed by atoms with van der Waals surface area (Å²) in [6.07, 6.45) is 15.7. The van der Waals surface area contributed by atoms with Gasteiger partial charge in [0.15, 0.2) is 0 Å². The highest BCUT2D eigenvalue weighted by atomic mass is 32.1. The highest BCUT2D eigenvalue weighted by molar-refractivity contribution is 7.81. The summed E-state index contributed by atoms with van der Waals surface area (Å²) in [7, 11) is 0. The molecule has 0 radical (unpaired) electrons. The summed E-state index contributed by atoms with van der Waals surface area (Å²) in [5.74, 6) is 0. The van der Waals surface area contributed by atoms with Crippen LogP contribution >= 0.6 is 25.3 Å². The van der Waals surface area contributed by atoms with Gasteiger partial charge in [0.2, 0.25) is 0 Å². The average Bonchev–Trinajstić information content (AvgIpc) is 2.47. The maximum atomic E-state index is 5.76. The number of rotatable bonds is 16. The maximum Gasteiger partial charge on any atom is 0.0583 e. The third kappa shape index (κ3) is 16.9. The summed E-state index contributed by atoms with van der Waals surface area (Å²) in [6.45, 7) is 6.08. The van der Waals surface area contributed by atoms with E-state index in [2.05, 4.69) is 39.1 Å². The van der Waals surface area contributed by atoms with Gasteiger partial charge < -0.3 is 4.74 Å². The first kappa shape index (κ1) is 21.7. The minimum atomic E-state index is 0.400. The van der Waals surface area contributed by atoms with Crippen LogP contribution in [0.1, 0.15) is 90.9 Å². The number of thiol groups is 2. The summed E-state index contributed by atoms with van der Waals surface area (Å²) in [5.41, 5.74) is 0. The van der Waals surface area contributed by atoms with Crippen molar-refractivity contribution in [2.45, 2.75) is 101 Å². The minimum Gasteiger partial charge on any atom is -0.379 e. The second-order valence-electron chi connectivity index (χ2n) is 6.25. The van der Waals surface area contributed by atoms with Crippen LogP contribution in [0.3, 0.4) is 0 Å². The molecule has 128 valence electrons. The molecule has 0 fully saturated rings. The molecule has 0 N–H and O–H groups in total. The second-order valence-corrected chi connectivity index (χ2v) is 7.71. The largest absolute Gasteiger partial charge is 0.379 e. The molecular formula is C18H38OS2. The molecule has 21 heavy (non-hydrogen) atoms. The van der Waals surface area contributed by atoms with E-state index < -0.39 is 0 Å². The van der Waals surface area contributed by atoms with E-state index in [1.165, 1.54) is 77.0 Å². The first-order valence-electron chi connectivity index (χ1n) is 9.14. The van der Waals surface area contributed by atoms with Gasteiger partial charge in [-0.25, -0.2) is 0 Å². The van der Waals surface area contributed by atoms with Crippen LogP contribution in [0, 0.1) is 0 Å². The maximum absolute atomic E-state index is 5.76. The van der Waals surface area contributed by atoms with E-state index in [0.717, 1.165) is 13.2 Å². The highest BCUT2D eigenvalue weighted by Crippen LogP contribution is 2.14. The molecule has 0 aromatic rings.